The van der Waals surface area contributed by atoms with Gasteiger partial charge in [-0.05, 0) is 53.7 Å². The molecule has 1 N–H and O–H groups in total. The van der Waals surface area contributed by atoms with Gasteiger partial charge in [-0.2, -0.15) is 4.98 Å². The number of nitrogens with one attached hydrogen (secondary N) is 1. The number of nitrogens with zero attached hydrogens (tertiary/aromatic N) is 2. The highest BCUT2D eigenvalue weighted by Gasteiger charge is 2.22. The summed E-state index contributed by atoms with van der Waals surface area (Å²) in [5, 5.41) is 7.41. The lowest BCUT2D eigenvalue weighted by Gasteiger charge is -2.23. The normalized spacial score (nSPS) is 18.5. The van der Waals surface area contributed by atoms with Crippen molar-refractivity contribution in [3.8, 4) is 0 Å². The lowest BCUT2D eigenvalue weighted by molar-refractivity contribution is 0.366. The van der Waals surface area contributed by atoms with Crippen molar-refractivity contribution in [1.82, 2.24) is 15.5 Å². The van der Waals surface area contributed by atoms with E-state index >= 15 is 0 Å². The first kappa shape index (κ1) is 13.3. The van der Waals surface area contributed by atoms with Gasteiger partial charge in [0.15, 0.2) is 5.82 Å². The first-order valence-electron chi connectivity index (χ1n) is 6.53. The zero-order valence-corrected chi connectivity index (χ0v) is 13.2. The van der Waals surface area contributed by atoms with Crippen LogP contribution >= 0.6 is 27.3 Å². The monoisotopic (exact) mass is 341 g/mol. The Morgan fingerprint density at radius 2 is 2.47 bits per heavy atom. The number of hydrogen-bond donors (Lipinski definition) is 1. The molecule has 0 saturated heterocycles. The minimum absolute atomic E-state index is 0.468. The molecular formula is C13H16BrN3OS. The Labute approximate surface area is 124 Å². The molecule has 3 rings (SSSR count). The summed E-state index contributed by atoms with van der Waals surface area (Å²) < 4.78 is 6.36. The van der Waals surface area contributed by atoms with Crippen LogP contribution in [0.3, 0.4) is 0 Å². The summed E-state index contributed by atoms with van der Waals surface area (Å²) in [6.07, 6.45) is 4.47. The zero-order valence-electron chi connectivity index (χ0n) is 10.8. The summed E-state index contributed by atoms with van der Waals surface area (Å²) in [5.41, 5.74) is 1.46. The highest BCUT2D eigenvalue weighted by molar-refractivity contribution is 9.11. The SMILES string of the molecule is Cc1noc(CCNC2CCCc3sc(Br)cc32)n1. The van der Waals surface area contributed by atoms with Crippen molar-refractivity contribution >= 4 is 27.3 Å². The van der Waals surface area contributed by atoms with Crippen LogP contribution in [0.1, 0.15) is 41.0 Å². The van der Waals surface area contributed by atoms with E-state index in [4.69, 9.17) is 4.52 Å². The minimum atomic E-state index is 0.468. The van der Waals surface area contributed by atoms with E-state index in [-0.39, 0.29) is 0 Å². The van der Waals surface area contributed by atoms with E-state index in [9.17, 15) is 0 Å². The first-order valence-corrected chi connectivity index (χ1v) is 8.14. The number of aryl methyl sites for hydroxylation is 2. The van der Waals surface area contributed by atoms with E-state index in [0.717, 1.165) is 13.0 Å². The van der Waals surface area contributed by atoms with Gasteiger partial charge < -0.3 is 9.84 Å². The molecule has 0 aromatic carbocycles. The molecule has 2 aromatic rings. The average Bonchev–Trinajstić information content (AvgIpc) is 2.95. The summed E-state index contributed by atoms with van der Waals surface area (Å²) in [6.45, 7) is 2.72. The molecule has 6 heteroatoms. The highest BCUT2D eigenvalue weighted by Crippen LogP contribution is 2.37. The molecule has 0 aliphatic heterocycles. The third kappa shape index (κ3) is 3.07. The Balaban J connectivity index is 1.59. The van der Waals surface area contributed by atoms with Gasteiger partial charge in [-0.25, -0.2) is 0 Å². The van der Waals surface area contributed by atoms with Crippen LogP contribution in [0, 0.1) is 6.92 Å². The van der Waals surface area contributed by atoms with Gasteiger partial charge in [0.1, 0.15) is 0 Å². The van der Waals surface area contributed by atoms with Gasteiger partial charge in [0.2, 0.25) is 5.89 Å². The topological polar surface area (TPSA) is 51.0 Å². The second-order valence-electron chi connectivity index (χ2n) is 4.81. The van der Waals surface area contributed by atoms with Crippen LogP contribution in [0.15, 0.2) is 14.4 Å². The van der Waals surface area contributed by atoms with Gasteiger partial charge in [0, 0.05) is 23.9 Å². The molecule has 1 aliphatic carbocycles. The quantitative estimate of drug-likeness (QED) is 0.925. The Hall–Kier alpha value is -0.720. The molecule has 1 atom stereocenters. The van der Waals surface area contributed by atoms with Crippen LogP contribution in [-0.2, 0) is 12.8 Å². The summed E-state index contributed by atoms with van der Waals surface area (Å²) in [5.74, 6) is 1.42. The number of thiophene rings is 1. The maximum absolute atomic E-state index is 5.12. The predicted octanol–water partition coefficient (Wildman–Crippen LogP) is 3.41. The van der Waals surface area contributed by atoms with E-state index in [1.165, 1.54) is 33.5 Å². The van der Waals surface area contributed by atoms with Gasteiger partial charge in [0.25, 0.3) is 0 Å². The fourth-order valence-corrected chi connectivity index (χ4v) is 4.35. The predicted molar refractivity (Wildman–Crippen MR) is 78.4 cm³/mol. The highest BCUT2D eigenvalue weighted by atomic mass is 79.9. The van der Waals surface area contributed by atoms with Crippen LogP contribution in [0.5, 0.6) is 0 Å². The molecular weight excluding hydrogens is 326 g/mol. The Bertz CT molecular complexity index is 566. The van der Waals surface area contributed by atoms with E-state index in [1.807, 2.05) is 18.3 Å². The van der Waals surface area contributed by atoms with Crippen molar-refractivity contribution in [3.05, 3.63) is 32.0 Å². The summed E-state index contributed by atoms with van der Waals surface area (Å²) in [6, 6.07) is 2.73. The molecule has 2 heterocycles. The second-order valence-corrected chi connectivity index (χ2v) is 7.33. The lowest BCUT2D eigenvalue weighted by Crippen LogP contribution is -2.26. The van der Waals surface area contributed by atoms with Crippen molar-refractivity contribution in [3.63, 3.8) is 0 Å². The van der Waals surface area contributed by atoms with Gasteiger partial charge in [-0.1, -0.05) is 5.16 Å². The molecule has 1 unspecified atom stereocenters. The van der Waals surface area contributed by atoms with Crippen LogP contribution in [0.25, 0.3) is 0 Å². The minimum Gasteiger partial charge on any atom is -0.339 e. The zero-order chi connectivity index (χ0) is 13.2. The molecule has 2 aromatic heterocycles. The number of fused-ring (bicyclic) bond motifs is 1. The summed E-state index contributed by atoms with van der Waals surface area (Å²) >= 11 is 5.45. The average molecular weight is 342 g/mol. The van der Waals surface area contributed by atoms with E-state index < -0.39 is 0 Å². The summed E-state index contributed by atoms with van der Waals surface area (Å²) in [4.78, 5) is 5.74. The fourth-order valence-electron chi connectivity index (χ4n) is 2.53. The Morgan fingerprint density at radius 3 is 3.26 bits per heavy atom. The lowest BCUT2D eigenvalue weighted by atomic mass is 9.94. The number of hydrogen-bond acceptors (Lipinski definition) is 5. The fraction of sp³-hybridized carbons (Fsp3) is 0.538. The molecule has 0 fully saturated rings. The molecule has 1 aliphatic rings. The van der Waals surface area contributed by atoms with Gasteiger partial charge in [0.05, 0.1) is 3.79 Å². The molecule has 0 bridgehead atoms. The summed E-state index contributed by atoms with van der Waals surface area (Å²) in [7, 11) is 0. The third-order valence-electron chi connectivity index (χ3n) is 3.38. The van der Waals surface area contributed by atoms with Crippen molar-refractivity contribution in [2.24, 2.45) is 0 Å². The second kappa shape index (κ2) is 5.73. The van der Waals surface area contributed by atoms with Crippen molar-refractivity contribution in [2.45, 2.75) is 38.6 Å². The molecule has 0 amide bonds. The molecule has 102 valence electrons. The molecule has 19 heavy (non-hydrogen) atoms. The van der Waals surface area contributed by atoms with E-state index in [2.05, 4.69) is 37.5 Å². The Kier molecular flexibility index (Phi) is 4.00. The molecule has 4 nitrogen and oxygen atoms in total. The molecule has 0 radical (unpaired) electrons. The van der Waals surface area contributed by atoms with Crippen LogP contribution in [0.4, 0.5) is 0 Å². The largest absolute Gasteiger partial charge is 0.339 e. The van der Waals surface area contributed by atoms with E-state index in [1.54, 1.807) is 0 Å². The van der Waals surface area contributed by atoms with Crippen LogP contribution in [-0.4, -0.2) is 16.7 Å². The molecule has 0 spiro atoms. The number of aromatic nitrogens is 2. The number of rotatable bonds is 4. The van der Waals surface area contributed by atoms with Crippen LogP contribution in [0.2, 0.25) is 0 Å². The van der Waals surface area contributed by atoms with Crippen LogP contribution < -0.4 is 5.32 Å². The maximum Gasteiger partial charge on any atom is 0.227 e. The van der Waals surface area contributed by atoms with Crippen molar-refractivity contribution < 1.29 is 4.52 Å². The van der Waals surface area contributed by atoms with Crippen molar-refractivity contribution in [1.29, 1.82) is 0 Å². The van der Waals surface area contributed by atoms with Crippen molar-refractivity contribution in [2.75, 3.05) is 6.54 Å². The third-order valence-corrected chi connectivity index (χ3v) is 5.10. The number of halogens is 1. The smallest absolute Gasteiger partial charge is 0.227 e. The van der Waals surface area contributed by atoms with Gasteiger partial charge in [-0.15, -0.1) is 11.3 Å². The first-order chi connectivity index (χ1) is 9.22. The van der Waals surface area contributed by atoms with Gasteiger partial charge in [-0.3, -0.25) is 0 Å². The Morgan fingerprint density at radius 1 is 1.58 bits per heavy atom. The standard InChI is InChI=1S/C13H16BrN3OS/c1-8-16-13(18-17-8)5-6-15-10-3-2-4-11-9(10)7-12(14)19-11/h7,10,15H,2-6H2,1H3. The van der Waals surface area contributed by atoms with Gasteiger partial charge >= 0.3 is 0 Å². The maximum atomic E-state index is 5.12. The van der Waals surface area contributed by atoms with E-state index in [0.29, 0.717) is 17.8 Å². The molecule has 0 saturated carbocycles.